The van der Waals surface area contributed by atoms with Crippen molar-refractivity contribution in [2.24, 2.45) is 0 Å². The lowest BCUT2D eigenvalue weighted by Crippen LogP contribution is -2.22. The smallest absolute Gasteiger partial charge is 0.366 e. The molecule has 1 amide bonds. The Kier molecular flexibility index (Phi) is 4.51. The third kappa shape index (κ3) is 3.55. The predicted octanol–water partition coefficient (Wildman–Crippen LogP) is 1.58. The quantitative estimate of drug-likeness (QED) is 0.660. The van der Waals surface area contributed by atoms with Crippen LogP contribution in [0.1, 0.15) is 0 Å². The van der Waals surface area contributed by atoms with E-state index < -0.39 is 6.09 Å². The lowest BCUT2D eigenvalue weighted by molar-refractivity contribution is 0.209. The minimum Gasteiger partial charge on any atom is -0.366 e. The summed E-state index contributed by atoms with van der Waals surface area (Å²) in [5.41, 5.74) is 0.782. The average Bonchev–Trinajstić information content (AvgIpc) is 2.92. The van der Waals surface area contributed by atoms with Crippen molar-refractivity contribution >= 4 is 18.1 Å². The molecular weight excluding hydrogens is 266 g/mol. The van der Waals surface area contributed by atoms with E-state index in [9.17, 15) is 4.79 Å². The van der Waals surface area contributed by atoms with Gasteiger partial charge in [-0.2, -0.15) is 4.68 Å². The van der Waals surface area contributed by atoms with Crippen molar-refractivity contribution in [1.82, 2.24) is 25.5 Å². The molecule has 0 aliphatic rings. The monoisotopic (exact) mass is 277 g/mol. The minimum atomic E-state index is -0.576. The van der Waals surface area contributed by atoms with Gasteiger partial charge in [0.05, 0.1) is 5.69 Å². The molecule has 2 aromatic rings. The van der Waals surface area contributed by atoms with Gasteiger partial charge >= 0.3 is 6.09 Å². The van der Waals surface area contributed by atoms with Crippen LogP contribution in [0.5, 0.6) is 0 Å². The number of carbonyl (C=O) groups is 1. The number of nitrogens with zero attached hydrogens (tertiary/aromatic N) is 4. The molecule has 0 saturated carbocycles. The Morgan fingerprint density at radius 3 is 3.00 bits per heavy atom. The van der Waals surface area contributed by atoms with Gasteiger partial charge in [0.1, 0.15) is 12.0 Å². The SMILES string of the molecule is C=CCNC(=O)OSc1nnnn1-c1ccccc1. The van der Waals surface area contributed by atoms with Crippen LogP contribution in [0.25, 0.3) is 5.69 Å². The van der Waals surface area contributed by atoms with E-state index in [1.165, 1.54) is 4.68 Å². The van der Waals surface area contributed by atoms with Crippen molar-refractivity contribution in [3.63, 3.8) is 0 Å². The van der Waals surface area contributed by atoms with Crippen LogP contribution in [-0.4, -0.2) is 32.8 Å². The first kappa shape index (κ1) is 13.1. The van der Waals surface area contributed by atoms with E-state index in [1.54, 1.807) is 6.08 Å². The standard InChI is InChI=1S/C11H11N5O2S/c1-2-8-12-11(17)18-19-10-13-14-15-16(10)9-6-4-3-5-7-9/h2-7H,1,8H2,(H,12,17). The molecule has 0 aliphatic carbocycles. The summed E-state index contributed by atoms with van der Waals surface area (Å²) in [4.78, 5) is 11.3. The highest BCUT2D eigenvalue weighted by molar-refractivity contribution is 7.94. The van der Waals surface area contributed by atoms with Crippen molar-refractivity contribution in [2.75, 3.05) is 6.54 Å². The highest BCUT2D eigenvalue weighted by atomic mass is 32.2. The van der Waals surface area contributed by atoms with E-state index >= 15 is 0 Å². The molecule has 1 N–H and O–H groups in total. The zero-order chi connectivity index (χ0) is 13.5. The second-order valence-electron chi connectivity index (χ2n) is 3.33. The summed E-state index contributed by atoms with van der Waals surface area (Å²) in [7, 11) is 0. The molecule has 0 aliphatic heterocycles. The molecule has 0 unspecified atom stereocenters. The summed E-state index contributed by atoms with van der Waals surface area (Å²) in [5, 5.41) is 14.0. The Hall–Kier alpha value is -2.35. The van der Waals surface area contributed by atoms with E-state index in [4.69, 9.17) is 4.18 Å². The van der Waals surface area contributed by atoms with Gasteiger partial charge in [0.25, 0.3) is 5.16 Å². The summed E-state index contributed by atoms with van der Waals surface area (Å²) >= 11 is 0.788. The predicted molar refractivity (Wildman–Crippen MR) is 69.7 cm³/mol. The number of benzene rings is 1. The van der Waals surface area contributed by atoms with Gasteiger partial charge in [0, 0.05) is 6.54 Å². The molecule has 0 bridgehead atoms. The molecule has 0 radical (unpaired) electrons. The number of hydrogen-bond acceptors (Lipinski definition) is 6. The Labute approximate surface area is 113 Å². The topological polar surface area (TPSA) is 81.9 Å². The Morgan fingerprint density at radius 1 is 1.47 bits per heavy atom. The number of nitrogens with one attached hydrogen (secondary N) is 1. The van der Waals surface area contributed by atoms with E-state index in [2.05, 4.69) is 27.4 Å². The van der Waals surface area contributed by atoms with E-state index in [0.29, 0.717) is 11.7 Å². The van der Waals surface area contributed by atoms with Crippen molar-refractivity contribution in [3.05, 3.63) is 43.0 Å². The Morgan fingerprint density at radius 2 is 2.26 bits per heavy atom. The van der Waals surface area contributed by atoms with E-state index in [0.717, 1.165) is 17.7 Å². The Bertz CT molecular complexity index is 557. The average molecular weight is 277 g/mol. The number of aromatic nitrogens is 4. The molecule has 19 heavy (non-hydrogen) atoms. The van der Waals surface area contributed by atoms with Crippen LogP contribution in [0.2, 0.25) is 0 Å². The lowest BCUT2D eigenvalue weighted by atomic mass is 10.3. The number of hydrogen-bond donors (Lipinski definition) is 1. The van der Waals surface area contributed by atoms with Crippen molar-refractivity contribution < 1.29 is 8.98 Å². The van der Waals surface area contributed by atoms with Gasteiger partial charge in [-0.15, -0.1) is 6.58 Å². The maximum atomic E-state index is 11.3. The van der Waals surface area contributed by atoms with E-state index in [1.807, 2.05) is 30.3 Å². The van der Waals surface area contributed by atoms with Gasteiger partial charge < -0.3 is 9.50 Å². The molecule has 1 aromatic heterocycles. The zero-order valence-corrected chi connectivity index (χ0v) is 10.7. The minimum absolute atomic E-state index is 0.336. The summed E-state index contributed by atoms with van der Waals surface area (Å²) < 4.78 is 6.38. The van der Waals surface area contributed by atoms with Gasteiger partial charge in [-0.25, -0.2) is 4.79 Å². The molecule has 98 valence electrons. The summed E-state index contributed by atoms with van der Waals surface area (Å²) in [6.07, 6.45) is 0.979. The Balaban J connectivity index is 2.01. The maximum Gasteiger partial charge on any atom is 0.420 e. The first-order chi connectivity index (χ1) is 9.31. The van der Waals surface area contributed by atoms with Crippen LogP contribution in [0, 0.1) is 0 Å². The van der Waals surface area contributed by atoms with Crippen molar-refractivity contribution in [2.45, 2.75) is 5.16 Å². The largest absolute Gasteiger partial charge is 0.420 e. The first-order valence-corrected chi connectivity index (χ1v) is 6.12. The fourth-order valence-corrected chi connectivity index (χ4v) is 1.71. The number of amides is 1. The molecule has 0 spiro atoms. The van der Waals surface area contributed by atoms with Crippen LogP contribution in [-0.2, 0) is 4.18 Å². The summed E-state index contributed by atoms with van der Waals surface area (Å²) in [6.45, 7) is 3.82. The highest BCUT2D eigenvalue weighted by Crippen LogP contribution is 2.18. The first-order valence-electron chi connectivity index (χ1n) is 5.38. The second kappa shape index (κ2) is 6.55. The molecule has 1 heterocycles. The summed E-state index contributed by atoms with van der Waals surface area (Å²) in [6, 6.07) is 9.31. The fourth-order valence-electron chi connectivity index (χ4n) is 1.22. The lowest BCUT2D eigenvalue weighted by Gasteiger charge is -2.04. The third-order valence-electron chi connectivity index (χ3n) is 2.02. The van der Waals surface area contributed by atoms with Gasteiger partial charge in [0.2, 0.25) is 0 Å². The normalized spacial score (nSPS) is 9.89. The van der Waals surface area contributed by atoms with Gasteiger partial charge in [0.15, 0.2) is 0 Å². The molecule has 0 fully saturated rings. The fraction of sp³-hybridized carbons (Fsp3) is 0.0909. The van der Waals surface area contributed by atoms with Crippen LogP contribution < -0.4 is 5.32 Å². The van der Waals surface area contributed by atoms with Crippen molar-refractivity contribution in [3.8, 4) is 5.69 Å². The molecule has 8 heteroatoms. The second-order valence-corrected chi connectivity index (χ2v) is 4.03. The number of rotatable bonds is 5. The number of para-hydroxylation sites is 1. The molecule has 7 nitrogen and oxygen atoms in total. The van der Waals surface area contributed by atoms with Gasteiger partial charge in [-0.3, -0.25) is 0 Å². The van der Waals surface area contributed by atoms with Gasteiger partial charge in [-0.05, 0) is 22.6 Å². The summed E-state index contributed by atoms with van der Waals surface area (Å²) in [5.74, 6) is 0. The molecule has 0 atom stereocenters. The third-order valence-corrected chi connectivity index (χ3v) is 2.66. The van der Waals surface area contributed by atoms with Crippen LogP contribution >= 0.6 is 12.0 Å². The molecule has 1 aromatic carbocycles. The highest BCUT2D eigenvalue weighted by Gasteiger charge is 2.12. The van der Waals surface area contributed by atoms with Crippen LogP contribution in [0.3, 0.4) is 0 Å². The number of tetrazole rings is 1. The number of carbonyl (C=O) groups excluding carboxylic acids is 1. The molecular formula is C11H11N5O2S. The van der Waals surface area contributed by atoms with Crippen LogP contribution in [0.4, 0.5) is 4.79 Å². The van der Waals surface area contributed by atoms with Crippen LogP contribution in [0.15, 0.2) is 48.1 Å². The van der Waals surface area contributed by atoms with Crippen molar-refractivity contribution in [1.29, 1.82) is 0 Å². The van der Waals surface area contributed by atoms with Gasteiger partial charge in [-0.1, -0.05) is 29.4 Å². The molecule has 2 rings (SSSR count). The maximum absolute atomic E-state index is 11.3. The zero-order valence-electron chi connectivity index (χ0n) is 9.89. The van der Waals surface area contributed by atoms with E-state index in [-0.39, 0.29) is 0 Å². The molecule has 0 saturated heterocycles.